The summed E-state index contributed by atoms with van der Waals surface area (Å²) in [5, 5.41) is 15.5. The molecule has 0 radical (unpaired) electrons. The van der Waals surface area contributed by atoms with Gasteiger partial charge in [-0.2, -0.15) is 5.26 Å². The van der Waals surface area contributed by atoms with Crippen LogP contribution in [0.15, 0.2) is 72.1 Å². The summed E-state index contributed by atoms with van der Waals surface area (Å²) in [6, 6.07) is 19.5. The number of hydrogen-bond acceptors (Lipinski definition) is 6. The average Bonchev–Trinajstić information content (AvgIpc) is 2.66. The molecule has 0 heterocycles. The number of nitrogens with one attached hydrogen (secondary N) is 2. The molecule has 2 aromatic rings. The van der Waals surface area contributed by atoms with E-state index in [1.165, 1.54) is 0 Å². The van der Waals surface area contributed by atoms with Gasteiger partial charge in [0.1, 0.15) is 29.6 Å². The molecule has 0 fully saturated rings. The third-order valence-corrected chi connectivity index (χ3v) is 3.50. The number of carbonyl (C=O) groups excluding carboxylic acids is 2. The van der Waals surface area contributed by atoms with Crippen LogP contribution in [0.4, 0.5) is 5.69 Å². The molecule has 28 heavy (non-hydrogen) atoms. The summed E-state index contributed by atoms with van der Waals surface area (Å²) < 4.78 is 5.28. The Kier molecular flexibility index (Phi) is 6.94. The van der Waals surface area contributed by atoms with Gasteiger partial charge in [0.05, 0.1) is 0 Å². The van der Waals surface area contributed by atoms with Crippen molar-refractivity contribution in [2.24, 2.45) is 0 Å². The van der Waals surface area contributed by atoms with Gasteiger partial charge in [-0.25, -0.2) is 0 Å². The van der Waals surface area contributed by atoms with E-state index < -0.39 is 17.4 Å². The van der Waals surface area contributed by atoms with Crippen molar-refractivity contribution in [2.75, 3.05) is 11.9 Å². The summed E-state index contributed by atoms with van der Waals surface area (Å²) in [7, 11) is 0. The third kappa shape index (κ3) is 6.29. The molecule has 0 aliphatic rings. The first-order valence-corrected chi connectivity index (χ1v) is 8.82. The smallest absolute Gasteiger partial charge is 0.325 e. The first-order chi connectivity index (χ1) is 13.3. The molecule has 2 rings (SSSR count). The van der Waals surface area contributed by atoms with Crippen molar-refractivity contribution in [1.82, 2.24) is 5.32 Å². The maximum atomic E-state index is 12.8. The van der Waals surface area contributed by atoms with Crippen LogP contribution in [-0.4, -0.2) is 23.9 Å². The SMILES string of the molecule is CC(C)(C)OC(=O)CN/C(Nc1ccccc1)=C(/C#N)C(=O)c1ccccc1. The standard InChI is InChI=1S/C22H23N3O3/c1-22(2,3)28-19(26)15-24-21(25-17-12-8-5-9-13-17)18(14-23)20(27)16-10-6-4-7-11-16/h4-13,24-25H,15H2,1-3H3/b21-18+. The predicted molar refractivity (Wildman–Crippen MR) is 107 cm³/mol. The molecular weight excluding hydrogens is 354 g/mol. The number of esters is 1. The van der Waals surface area contributed by atoms with E-state index in [0.717, 1.165) is 0 Å². The lowest BCUT2D eigenvalue weighted by molar-refractivity contribution is -0.153. The van der Waals surface area contributed by atoms with Crippen molar-refractivity contribution in [3.8, 4) is 6.07 Å². The second-order valence-corrected chi connectivity index (χ2v) is 6.99. The minimum atomic E-state index is -0.632. The average molecular weight is 377 g/mol. The molecule has 0 aromatic heterocycles. The second kappa shape index (κ2) is 9.38. The lowest BCUT2D eigenvalue weighted by Gasteiger charge is -2.21. The molecule has 2 aromatic carbocycles. The van der Waals surface area contributed by atoms with Gasteiger partial charge in [-0.05, 0) is 32.9 Å². The Morgan fingerprint density at radius 1 is 1.00 bits per heavy atom. The van der Waals surface area contributed by atoms with Crippen LogP contribution >= 0.6 is 0 Å². The number of hydrogen-bond donors (Lipinski definition) is 2. The minimum Gasteiger partial charge on any atom is -0.459 e. The molecule has 0 saturated heterocycles. The van der Waals surface area contributed by atoms with Crippen LogP contribution in [0, 0.1) is 11.3 Å². The fourth-order valence-electron chi connectivity index (χ4n) is 2.35. The Morgan fingerprint density at radius 3 is 2.11 bits per heavy atom. The summed E-state index contributed by atoms with van der Waals surface area (Å²) >= 11 is 0. The van der Waals surface area contributed by atoms with Crippen LogP contribution in [0.2, 0.25) is 0 Å². The maximum absolute atomic E-state index is 12.8. The van der Waals surface area contributed by atoms with Gasteiger partial charge in [0, 0.05) is 11.3 Å². The van der Waals surface area contributed by atoms with Crippen LogP contribution in [0.3, 0.4) is 0 Å². The molecule has 0 saturated carbocycles. The number of carbonyl (C=O) groups is 2. The van der Waals surface area contributed by atoms with E-state index in [9.17, 15) is 14.9 Å². The van der Waals surface area contributed by atoms with Gasteiger partial charge in [-0.15, -0.1) is 0 Å². The third-order valence-electron chi connectivity index (χ3n) is 3.50. The Bertz CT molecular complexity index is 892. The monoisotopic (exact) mass is 377 g/mol. The van der Waals surface area contributed by atoms with E-state index >= 15 is 0 Å². The summed E-state index contributed by atoms with van der Waals surface area (Å²) in [4.78, 5) is 24.9. The van der Waals surface area contributed by atoms with Crippen LogP contribution in [-0.2, 0) is 9.53 Å². The lowest BCUT2D eigenvalue weighted by atomic mass is 10.0. The first kappa shape index (κ1) is 20.7. The summed E-state index contributed by atoms with van der Waals surface area (Å²) in [5.41, 5.74) is 0.292. The van der Waals surface area contributed by atoms with Crippen molar-refractivity contribution < 1.29 is 14.3 Å². The van der Waals surface area contributed by atoms with Gasteiger partial charge in [-0.1, -0.05) is 48.5 Å². The van der Waals surface area contributed by atoms with Gasteiger partial charge in [-0.3, -0.25) is 9.59 Å². The zero-order valence-electron chi connectivity index (χ0n) is 16.2. The number of nitrogens with zero attached hydrogens (tertiary/aromatic N) is 1. The largest absolute Gasteiger partial charge is 0.459 e. The lowest BCUT2D eigenvalue weighted by Crippen LogP contribution is -2.34. The van der Waals surface area contributed by atoms with Crippen LogP contribution in [0.1, 0.15) is 31.1 Å². The van der Waals surface area contributed by atoms with Crippen molar-refractivity contribution in [3.63, 3.8) is 0 Å². The molecule has 144 valence electrons. The Hall–Kier alpha value is -3.59. The number of nitriles is 1. The molecule has 0 aliphatic heterocycles. The zero-order chi connectivity index (χ0) is 20.6. The number of anilines is 1. The van der Waals surface area contributed by atoms with Crippen LogP contribution in [0.25, 0.3) is 0 Å². The first-order valence-electron chi connectivity index (χ1n) is 8.82. The molecule has 6 heteroatoms. The van der Waals surface area contributed by atoms with Gasteiger partial charge in [0.15, 0.2) is 0 Å². The Morgan fingerprint density at radius 2 is 1.57 bits per heavy atom. The number of rotatable bonds is 7. The fourth-order valence-corrected chi connectivity index (χ4v) is 2.35. The normalized spacial score (nSPS) is 11.6. The number of ketones is 1. The number of benzene rings is 2. The summed E-state index contributed by atoms with van der Waals surface area (Å²) in [6.07, 6.45) is 0. The molecule has 0 atom stereocenters. The minimum absolute atomic E-state index is 0.126. The molecule has 0 aliphatic carbocycles. The molecule has 0 bridgehead atoms. The molecule has 0 unspecified atom stereocenters. The van der Waals surface area contributed by atoms with Crippen molar-refractivity contribution in [1.29, 1.82) is 5.26 Å². The van der Waals surface area contributed by atoms with Crippen LogP contribution in [0.5, 0.6) is 0 Å². The quantitative estimate of drug-likeness (QED) is 0.331. The number of ether oxygens (including phenoxy) is 1. The summed E-state index contributed by atoms with van der Waals surface area (Å²) in [6.45, 7) is 5.11. The van der Waals surface area contributed by atoms with E-state index in [1.807, 2.05) is 24.3 Å². The molecule has 6 nitrogen and oxygen atoms in total. The highest BCUT2D eigenvalue weighted by Crippen LogP contribution is 2.15. The zero-order valence-corrected chi connectivity index (χ0v) is 16.2. The summed E-state index contributed by atoms with van der Waals surface area (Å²) in [5.74, 6) is -0.795. The van der Waals surface area contributed by atoms with Gasteiger partial charge >= 0.3 is 5.97 Å². The van der Waals surface area contributed by atoms with Crippen molar-refractivity contribution in [2.45, 2.75) is 26.4 Å². The van der Waals surface area contributed by atoms with Gasteiger partial charge in [0.2, 0.25) is 5.78 Å². The number of para-hydroxylation sites is 1. The van der Waals surface area contributed by atoms with Crippen molar-refractivity contribution >= 4 is 17.4 Å². The topological polar surface area (TPSA) is 91.2 Å². The molecule has 0 spiro atoms. The molecule has 0 amide bonds. The maximum Gasteiger partial charge on any atom is 0.325 e. The highest BCUT2D eigenvalue weighted by molar-refractivity contribution is 6.12. The number of allylic oxidation sites excluding steroid dienone is 1. The highest BCUT2D eigenvalue weighted by Gasteiger charge is 2.20. The van der Waals surface area contributed by atoms with E-state index in [1.54, 1.807) is 63.2 Å². The van der Waals surface area contributed by atoms with E-state index in [-0.39, 0.29) is 17.9 Å². The predicted octanol–water partition coefficient (Wildman–Crippen LogP) is 3.65. The van der Waals surface area contributed by atoms with Gasteiger partial charge in [0.25, 0.3) is 0 Å². The highest BCUT2D eigenvalue weighted by atomic mass is 16.6. The second-order valence-electron chi connectivity index (χ2n) is 6.99. The Balaban J connectivity index is 2.32. The fraction of sp³-hybridized carbons (Fsp3) is 0.227. The van der Waals surface area contributed by atoms with E-state index in [4.69, 9.17) is 4.74 Å². The molecular formula is C22H23N3O3. The Labute approximate surface area is 164 Å². The van der Waals surface area contributed by atoms with E-state index in [2.05, 4.69) is 10.6 Å². The van der Waals surface area contributed by atoms with Crippen LogP contribution < -0.4 is 10.6 Å². The van der Waals surface area contributed by atoms with E-state index in [0.29, 0.717) is 11.3 Å². The number of Topliss-reactive ketones (excluding diaryl/α,β-unsaturated/α-hetero) is 1. The van der Waals surface area contributed by atoms with Gasteiger partial charge < -0.3 is 15.4 Å². The van der Waals surface area contributed by atoms with Crippen molar-refractivity contribution in [3.05, 3.63) is 77.6 Å². The molecule has 2 N–H and O–H groups in total.